The highest BCUT2D eigenvalue weighted by Crippen LogP contribution is 2.47. The Balaban J connectivity index is 1.43. The number of benzene rings is 3. The van der Waals surface area contributed by atoms with E-state index in [0.717, 1.165) is 53.7 Å². The maximum atomic E-state index is 14.7. The summed E-state index contributed by atoms with van der Waals surface area (Å²) in [6, 6.07) is 19.1. The quantitative estimate of drug-likeness (QED) is 0.383. The van der Waals surface area contributed by atoms with E-state index in [1.165, 1.54) is 17.2 Å². The highest BCUT2D eigenvalue weighted by atomic mass is 19.1. The third-order valence-corrected chi connectivity index (χ3v) is 7.53. The van der Waals surface area contributed by atoms with Crippen LogP contribution in [-0.2, 0) is 17.8 Å². The summed E-state index contributed by atoms with van der Waals surface area (Å²) in [6.07, 6.45) is 6.32. The van der Waals surface area contributed by atoms with E-state index in [2.05, 4.69) is 32.1 Å². The highest BCUT2D eigenvalue weighted by Gasteiger charge is 2.30. The molecule has 0 amide bonds. The molecule has 0 radical (unpaired) electrons. The summed E-state index contributed by atoms with van der Waals surface area (Å²) in [5, 5.41) is 9.24. The van der Waals surface area contributed by atoms with Crippen LogP contribution < -0.4 is 4.74 Å². The first-order chi connectivity index (χ1) is 16.8. The summed E-state index contributed by atoms with van der Waals surface area (Å²) in [4.78, 5) is 11.2. The van der Waals surface area contributed by atoms with Gasteiger partial charge in [-0.3, -0.25) is 4.79 Å². The fourth-order valence-electron chi connectivity index (χ4n) is 5.63. The van der Waals surface area contributed by atoms with Crippen LogP contribution in [0.4, 0.5) is 4.39 Å². The predicted molar refractivity (Wildman–Crippen MR) is 137 cm³/mol. The lowest BCUT2D eigenvalue weighted by Crippen LogP contribution is -2.10. The van der Waals surface area contributed by atoms with E-state index in [4.69, 9.17) is 4.74 Å². The molecule has 0 spiro atoms. The number of carboxylic acids is 1. The number of halogens is 1. The Morgan fingerprint density at radius 3 is 2.63 bits per heavy atom. The minimum absolute atomic E-state index is 0.0264. The van der Waals surface area contributed by atoms with Crippen molar-refractivity contribution in [1.82, 2.24) is 0 Å². The Bertz CT molecular complexity index is 1300. The zero-order chi connectivity index (χ0) is 24.6. The molecule has 0 bridgehead atoms. The van der Waals surface area contributed by atoms with E-state index in [0.29, 0.717) is 12.2 Å². The van der Waals surface area contributed by atoms with Gasteiger partial charge in [-0.1, -0.05) is 56.3 Å². The maximum absolute atomic E-state index is 14.7. The van der Waals surface area contributed by atoms with Gasteiger partial charge >= 0.3 is 5.97 Å². The summed E-state index contributed by atoms with van der Waals surface area (Å²) in [5.41, 5.74) is 7.20. The number of allylic oxidation sites excluding steroid dienone is 2. The third-order valence-electron chi connectivity index (χ3n) is 7.53. The van der Waals surface area contributed by atoms with Crippen molar-refractivity contribution >= 4 is 11.5 Å². The number of hydrogen-bond acceptors (Lipinski definition) is 2. The molecule has 0 saturated carbocycles. The molecule has 3 aromatic carbocycles. The first kappa shape index (κ1) is 23.3. The fourth-order valence-corrected chi connectivity index (χ4v) is 5.63. The van der Waals surface area contributed by atoms with E-state index >= 15 is 0 Å². The predicted octanol–water partition coefficient (Wildman–Crippen LogP) is 7.78. The monoisotopic (exact) mass is 470 g/mol. The van der Waals surface area contributed by atoms with E-state index < -0.39 is 5.97 Å². The second-order valence-electron chi connectivity index (χ2n) is 10.4. The van der Waals surface area contributed by atoms with Gasteiger partial charge in [-0.15, -0.1) is 0 Å². The summed E-state index contributed by atoms with van der Waals surface area (Å²) < 4.78 is 20.9. The van der Waals surface area contributed by atoms with Crippen LogP contribution in [0.5, 0.6) is 5.75 Å². The third kappa shape index (κ3) is 4.75. The lowest BCUT2D eigenvalue weighted by Gasteiger charge is -2.25. The maximum Gasteiger partial charge on any atom is 0.303 e. The number of aryl methyl sites for hydroxylation is 1. The van der Waals surface area contributed by atoms with Crippen LogP contribution >= 0.6 is 0 Å². The molecule has 1 atom stereocenters. The molecule has 2 aliphatic rings. The van der Waals surface area contributed by atoms with Gasteiger partial charge in [0.05, 0.1) is 6.42 Å². The van der Waals surface area contributed by atoms with Crippen molar-refractivity contribution in [3.05, 3.63) is 94.8 Å². The lowest BCUT2D eigenvalue weighted by molar-refractivity contribution is -0.137. The Kier molecular flexibility index (Phi) is 6.22. The topological polar surface area (TPSA) is 46.5 Å². The van der Waals surface area contributed by atoms with Crippen LogP contribution in [0.1, 0.15) is 67.7 Å². The molecule has 0 unspecified atom stereocenters. The number of rotatable bonds is 7. The molecule has 5 rings (SSSR count). The van der Waals surface area contributed by atoms with Gasteiger partial charge in [-0.25, -0.2) is 4.39 Å². The molecule has 0 aromatic heterocycles. The smallest absolute Gasteiger partial charge is 0.303 e. The van der Waals surface area contributed by atoms with Crippen molar-refractivity contribution in [3.63, 3.8) is 0 Å². The van der Waals surface area contributed by atoms with Crippen molar-refractivity contribution in [2.75, 3.05) is 0 Å². The van der Waals surface area contributed by atoms with E-state index in [-0.39, 0.29) is 23.6 Å². The Hall–Kier alpha value is -3.40. The van der Waals surface area contributed by atoms with Crippen molar-refractivity contribution in [3.8, 4) is 16.9 Å². The number of ether oxygens (including phenoxy) is 1. The largest absolute Gasteiger partial charge is 0.489 e. The number of hydrogen-bond donors (Lipinski definition) is 1. The normalized spacial score (nSPS) is 18.3. The van der Waals surface area contributed by atoms with Gasteiger partial charge in [0.2, 0.25) is 0 Å². The fraction of sp³-hybridized carbons (Fsp3) is 0.323. The van der Waals surface area contributed by atoms with Crippen LogP contribution in [0, 0.1) is 11.2 Å². The number of fused-ring (bicyclic) bond motifs is 1. The van der Waals surface area contributed by atoms with Crippen LogP contribution in [0.2, 0.25) is 0 Å². The van der Waals surface area contributed by atoms with Gasteiger partial charge in [-0.05, 0) is 94.7 Å². The summed E-state index contributed by atoms with van der Waals surface area (Å²) in [5.74, 6) is -0.181. The van der Waals surface area contributed by atoms with Crippen molar-refractivity contribution in [2.24, 2.45) is 5.41 Å². The molecule has 0 saturated heterocycles. The Labute approximate surface area is 206 Å². The molecule has 0 fully saturated rings. The molecule has 3 nitrogen and oxygen atoms in total. The van der Waals surface area contributed by atoms with Gasteiger partial charge in [-0.2, -0.15) is 0 Å². The first-order valence-electron chi connectivity index (χ1n) is 12.4. The average molecular weight is 471 g/mol. The number of carboxylic acid groups (broad SMARTS) is 1. The van der Waals surface area contributed by atoms with Gasteiger partial charge in [0.15, 0.2) is 0 Å². The van der Waals surface area contributed by atoms with Crippen LogP contribution in [0.25, 0.3) is 16.7 Å². The van der Waals surface area contributed by atoms with Crippen molar-refractivity contribution < 1.29 is 19.0 Å². The molecule has 4 heteroatoms. The zero-order valence-corrected chi connectivity index (χ0v) is 20.3. The molecule has 0 aliphatic heterocycles. The van der Waals surface area contributed by atoms with E-state index in [1.807, 2.05) is 36.4 Å². The summed E-state index contributed by atoms with van der Waals surface area (Å²) in [6.45, 7) is 4.89. The van der Waals surface area contributed by atoms with Crippen LogP contribution in [0.3, 0.4) is 0 Å². The van der Waals surface area contributed by atoms with Crippen molar-refractivity contribution in [2.45, 2.75) is 58.5 Å². The SMILES string of the molecule is CC1(C)CCC=C1c1cc(COc2ccc3c(c2)[C@@H](CC(=O)O)CC3)ccc1-c1ccccc1F. The highest BCUT2D eigenvalue weighted by molar-refractivity contribution is 5.84. The molecular formula is C31H31FO3. The number of carbonyl (C=O) groups is 1. The molecule has 3 aromatic rings. The molecule has 180 valence electrons. The van der Waals surface area contributed by atoms with Gasteiger partial charge in [0, 0.05) is 5.56 Å². The summed E-state index contributed by atoms with van der Waals surface area (Å²) in [7, 11) is 0. The standard InChI is InChI=1S/C31H31FO3/c1-31(2)15-5-7-28(31)27-16-20(9-14-24(27)25-6-3-4-8-29(25)32)19-35-23-13-12-21-10-11-22(17-30(33)34)26(21)18-23/h3-4,6-9,12-14,16,18,22H,5,10-11,15,17,19H2,1-2H3,(H,33,34)/t22-/m1/s1. The Morgan fingerprint density at radius 2 is 1.89 bits per heavy atom. The lowest BCUT2D eigenvalue weighted by atomic mass is 9.79. The second-order valence-corrected chi connectivity index (χ2v) is 10.4. The van der Waals surface area contributed by atoms with Crippen LogP contribution in [0.15, 0.2) is 66.7 Å². The molecule has 0 heterocycles. The number of aliphatic carboxylic acids is 1. The minimum Gasteiger partial charge on any atom is -0.489 e. The van der Waals surface area contributed by atoms with Gasteiger partial charge in [0.1, 0.15) is 18.2 Å². The van der Waals surface area contributed by atoms with Crippen molar-refractivity contribution in [1.29, 1.82) is 0 Å². The second kappa shape index (κ2) is 9.33. The molecule has 35 heavy (non-hydrogen) atoms. The minimum atomic E-state index is -0.763. The first-order valence-corrected chi connectivity index (χ1v) is 12.4. The van der Waals surface area contributed by atoms with Gasteiger partial charge < -0.3 is 9.84 Å². The van der Waals surface area contributed by atoms with E-state index in [9.17, 15) is 14.3 Å². The zero-order valence-electron chi connectivity index (χ0n) is 20.3. The molecular weight excluding hydrogens is 439 g/mol. The van der Waals surface area contributed by atoms with Crippen LogP contribution in [-0.4, -0.2) is 11.1 Å². The molecule has 1 N–H and O–H groups in total. The summed E-state index contributed by atoms with van der Waals surface area (Å²) >= 11 is 0. The molecule has 2 aliphatic carbocycles. The van der Waals surface area contributed by atoms with E-state index in [1.54, 1.807) is 6.07 Å². The Morgan fingerprint density at radius 1 is 1.06 bits per heavy atom. The average Bonchev–Trinajstić information content (AvgIpc) is 3.39. The van der Waals surface area contributed by atoms with Gasteiger partial charge in [0.25, 0.3) is 0 Å².